The van der Waals surface area contributed by atoms with E-state index in [1.807, 2.05) is 0 Å². The summed E-state index contributed by atoms with van der Waals surface area (Å²) in [7, 11) is 1.68. The Balaban J connectivity index is 1.64. The first-order valence-electron chi connectivity index (χ1n) is 11.3. The summed E-state index contributed by atoms with van der Waals surface area (Å²) in [5, 5.41) is 3.03. The van der Waals surface area contributed by atoms with Crippen molar-refractivity contribution in [2.45, 2.75) is 102 Å². The number of epoxide rings is 1. The molecule has 0 bridgehead atoms. The lowest BCUT2D eigenvalue weighted by molar-refractivity contribution is -0.172. The number of allylic oxidation sites excluding steroid dienone is 1. The number of alkyl carbamates (subject to hydrolysis) is 1. The molecule has 30 heavy (non-hydrogen) atoms. The number of amides is 1. The van der Waals surface area contributed by atoms with Gasteiger partial charge in [-0.3, -0.25) is 0 Å². The fraction of sp³-hybridized carbons (Fsp3) is 0.870. The van der Waals surface area contributed by atoms with E-state index in [0.29, 0.717) is 13.2 Å². The van der Waals surface area contributed by atoms with Gasteiger partial charge in [0, 0.05) is 25.1 Å². The van der Waals surface area contributed by atoms with E-state index >= 15 is 0 Å². The van der Waals surface area contributed by atoms with Gasteiger partial charge in [0.2, 0.25) is 0 Å². The number of rotatable bonds is 7. The van der Waals surface area contributed by atoms with Crippen LogP contribution in [0.5, 0.6) is 0 Å². The molecule has 2 saturated carbocycles. The average Bonchev–Trinajstić information content (AvgIpc) is 3.44. The molecule has 7 heteroatoms. The van der Waals surface area contributed by atoms with Crippen molar-refractivity contribution in [3.05, 3.63) is 11.6 Å². The average molecular weight is 425 g/mol. The lowest BCUT2D eigenvalue weighted by Crippen LogP contribution is -2.59. The van der Waals surface area contributed by atoms with Gasteiger partial charge in [-0.25, -0.2) is 4.79 Å². The summed E-state index contributed by atoms with van der Waals surface area (Å²) in [6, 6.07) is 0.388. The number of nitrogens with two attached hydrogens (primary N) is 1. The summed E-state index contributed by atoms with van der Waals surface area (Å²) in [4.78, 5) is 12.6. The van der Waals surface area contributed by atoms with Crippen LogP contribution in [0.3, 0.4) is 0 Å². The van der Waals surface area contributed by atoms with Crippen molar-refractivity contribution in [2.75, 3.05) is 20.3 Å². The maximum absolute atomic E-state index is 12.6. The van der Waals surface area contributed by atoms with Gasteiger partial charge in [0.1, 0.15) is 12.2 Å². The number of methoxy groups -OCH3 is 1. The van der Waals surface area contributed by atoms with Crippen molar-refractivity contribution in [1.29, 1.82) is 0 Å². The first-order valence-corrected chi connectivity index (χ1v) is 11.3. The summed E-state index contributed by atoms with van der Waals surface area (Å²) >= 11 is 0. The van der Waals surface area contributed by atoms with Crippen LogP contribution in [0.25, 0.3) is 0 Å². The van der Waals surface area contributed by atoms with E-state index in [0.717, 1.165) is 38.5 Å². The van der Waals surface area contributed by atoms with Gasteiger partial charge < -0.3 is 30.0 Å². The van der Waals surface area contributed by atoms with Crippen LogP contribution < -0.4 is 11.1 Å². The van der Waals surface area contributed by atoms with E-state index in [1.165, 1.54) is 5.57 Å². The van der Waals surface area contributed by atoms with Crippen LogP contribution in [0.4, 0.5) is 4.79 Å². The van der Waals surface area contributed by atoms with Crippen LogP contribution in [0, 0.1) is 5.92 Å². The van der Waals surface area contributed by atoms with Crippen molar-refractivity contribution < 1.29 is 23.7 Å². The Morgan fingerprint density at radius 3 is 2.47 bits per heavy atom. The number of ether oxygens (including phenoxy) is 4. The molecule has 4 unspecified atom stereocenters. The molecule has 172 valence electrons. The second kappa shape index (κ2) is 9.55. The van der Waals surface area contributed by atoms with Gasteiger partial charge in [0.25, 0.3) is 0 Å². The van der Waals surface area contributed by atoms with E-state index in [9.17, 15) is 4.79 Å². The van der Waals surface area contributed by atoms with E-state index in [-0.39, 0.29) is 41.9 Å². The third-order valence-corrected chi connectivity index (χ3v) is 6.95. The Bertz CT molecular complexity index is 619. The minimum atomic E-state index is -0.485. The van der Waals surface area contributed by atoms with Gasteiger partial charge in [-0.05, 0) is 66.2 Å². The second-order valence-corrected chi connectivity index (χ2v) is 9.97. The second-order valence-electron chi connectivity index (χ2n) is 9.97. The highest BCUT2D eigenvalue weighted by Crippen LogP contribution is 2.52. The zero-order chi connectivity index (χ0) is 21.9. The first kappa shape index (κ1) is 23.5. The van der Waals surface area contributed by atoms with Crippen LogP contribution >= 0.6 is 0 Å². The van der Waals surface area contributed by atoms with E-state index in [2.05, 4.69) is 39.1 Å². The Hall–Kier alpha value is -1.15. The third kappa shape index (κ3) is 5.55. The maximum Gasteiger partial charge on any atom is 0.407 e. The van der Waals surface area contributed by atoms with Crippen LogP contribution in [-0.2, 0) is 18.9 Å². The summed E-state index contributed by atoms with van der Waals surface area (Å²) in [6.45, 7) is 9.52. The normalized spacial score (nSPS) is 36.3. The molecule has 1 spiro atoms. The summed E-state index contributed by atoms with van der Waals surface area (Å²) in [5.74, 6) is -0.0280. The molecule has 1 amide bonds. The molecule has 3 rings (SSSR count). The van der Waals surface area contributed by atoms with Gasteiger partial charge in [-0.15, -0.1) is 0 Å². The Morgan fingerprint density at radius 2 is 1.90 bits per heavy atom. The minimum Gasteiger partial charge on any atom is -0.443 e. The fourth-order valence-electron chi connectivity index (χ4n) is 5.19. The standard InChI is InChI=1S/C23H40N2O5/c1-15(2)11-13-28-22(3,4)20-19(27-5)18(10-12-23(20)14-29-23)30-21(26)25-17-8-6-16(24)7-9-17/h11,16-20H,6-10,12-14,24H2,1-5H3,(H,25,26). The van der Waals surface area contributed by atoms with E-state index in [1.54, 1.807) is 7.11 Å². The molecule has 0 radical (unpaired) electrons. The molecule has 3 N–H and O–H groups in total. The van der Waals surface area contributed by atoms with Crippen molar-refractivity contribution in [2.24, 2.45) is 11.7 Å². The van der Waals surface area contributed by atoms with Crippen molar-refractivity contribution >= 4 is 6.09 Å². The predicted molar refractivity (Wildman–Crippen MR) is 115 cm³/mol. The van der Waals surface area contributed by atoms with Crippen molar-refractivity contribution in [1.82, 2.24) is 5.32 Å². The van der Waals surface area contributed by atoms with Crippen LogP contribution in [0.15, 0.2) is 11.6 Å². The van der Waals surface area contributed by atoms with Crippen LogP contribution in [0.2, 0.25) is 0 Å². The Labute approximate surface area is 181 Å². The molecular formula is C23H40N2O5. The lowest BCUT2D eigenvalue weighted by atomic mass is 9.68. The molecule has 1 aliphatic heterocycles. The van der Waals surface area contributed by atoms with Gasteiger partial charge in [-0.1, -0.05) is 11.6 Å². The highest BCUT2D eigenvalue weighted by Gasteiger charge is 2.64. The molecule has 0 aromatic carbocycles. The zero-order valence-corrected chi connectivity index (χ0v) is 19.2. The number of hydrogen-bond donors (Lipinski definition) is 2. The zero-order valence-electron chi connectivity index (χ0n) is 19.2. The summed E-state index contributed by atoms with van der Waals surface area (Å²) in [6.07, 6.45) is 6.34. The molecule has 3 fully saturated rings. The quantitative estimate of drug-likeness (QED) is 0.481. The van der Waals surface area contributed by atoms with Crippen molar-refractivity contribution in [3.8, 4) is 0 Å². The summed E-state index contributed by atoms with van der Waals surface area (Å²) < 4.78 is 24.0. The molecule has 4 atom stereocenters. The number of carbonyl (C=O) groups excluding carboxylic acids is 1. The van der Waals surface area contributed by atoms with Crippen molar-refractivity contribution in [3.63, 3.8) is 0 Å². The lowest BCUT2D eigenvalue weighted by Gasteiger charge is -2.47. The SMILES string of the molecule is COC1C(OC(=O)NC2CCC(N)CC2)CCC2(CO2)C1C(C)(C)OCC=C(C)C. The maximum atomic E-state index is 12.6. The largest absolute Gasteiger partial charge is 0.443 e. The van der Waals surface area contributed by atoms with E-state index < -0.39 is 5.60 Å². The fourth-order valence-corrected chi connectivity index (χ4v) is 5.19. The van der Waals surface area contributed by atoms with Crippen LogP contribution in [0.1, 0.15) is 66.2 Å². The van der Waals surface area contributed by atoms with Crippen LogP contribution in [-0.4, -0.2) is 61.9 Å². The third-order valence-electron chi connectivity index (χ3n) is 6.95. The molecule has 1 heterocycles. The monoisotopic (exact) mass is 424 g/mol. The first-order chi connectivity index (χ1) is 14.2. The number of carbonyl (C=O) groups is 1. The Kier molecular flexibility index (Phi) is 7.49. The summed E-state index contributed by atoms with van der Waals surface area (Å²) in [5.41, 5.74) is 6.45. The Morgan fingerprint density at radius 1 is 1.23 bits per heavy atom. The smallest absolute Gasteiger partial charge is 0.407 e. The highest BCUT2D eigenvalue weighted by molar-refractivity contribution is 5.68. The molecule has 7 nitrogen and oxygen atoms in total. The topological polar surface area (TPSA) is 95.3 Å². The molecule has 2 aliphatic carbocycles. The number of nitrogens with one attached hydrogen (secondary N) is 1. The highest BCUT2D eigenvalue weighted by atomic mass is 16.6. The molecular weight excluding hydrogens is 384 g/mol. The van der Waals surface area contributed by atoms with Gasteiger partial charge in [0.05, 0.1) is 24.4 Å². The molecule has 0 aromatic rings. The van der Waals surface area contributed by atoms with Gasteiger partial charge in [0.15, 0.2) is 0 Å². The van der Waals surface area contributed by atoms with E-state index in [4.69, 9.17) is 24.7 Å². The molecule has 3 aliphatic rings. The molecule has 1 saturated heterocycles. The van der Waals surface area contributed by atoms with Gasteiger partial charge in [-0.2, -0.15) is 0 Å². The number of hydrogen-bond acceptors (Lipinski definition) is 6. The predicted octanol–water partition coefficient (Wildman–Crippen LogP) is 3.31. The minimum absolute atomic E-state index is 0.0280. The molecule has 0 aromatic heterocycles. The van der Waals surface area contributed by atoms with Gasteiger partial charge >= 0.3 is 6.09 Å².